The van der Waals surface area contributed by atoms with Gasteiger partial charge in [-0.1, -0.05) is 37.8 Å². The number of Topliss-reactive ketones (excluding diaryl/α,β-unsaturated/α-hetero) is 1. The van der Waals surface area contributed by atoms with E-state index in [1.165, 1.54) is 25.7 Å². The van der Waals surface area contributed by atoms with Gasteiger partial charge in [0.15, 0.2) is 5.78 Å². The van der Waals surface area contributed by atoms with Gasteiger partial charge in [-0.2, -0.15) is 0 Å². The third-order valence-electron chi connectivity index (χ3n) is 6.17. The van der Waals surface area contributed by atoms with Gasteiger partial charge in [0.1, 0.15) is 5.60 Å². The van der Waals surface area contributed by atoms with Crippen molar-refractivity contribution in [2.75, 3.05) is 7.11 Å². The number of rotatable bonds is 5. The number of hydrogen-bond donors (Lipinski definition) is 2. The fraction of sp³-hybridized carbons (Fsp3) is 0.833. The molecule has 3 rings (SSSR count). The first-order valence-corrected chi connectivity index (χ1v) is 8.69. The summed E-state index contributed by atoms with van der Waals surface area (Å²) in [5.41, 5.74) is -0.676. The Kier molecular flexibility index (Phi) is 4.72. The topological polar surface area (TPSA) is 66.8 Å². The van der Waals surface area contributed by atoms with Gasteiger partial charge in [0.25, 0.3) is 0 Å². The highest BCUT2D eigenvalue weighted by Crippen LogP contribution is 2.51. The number of carbonyl (C=O) groups is 1. The van der Waals surface area contributed by atoms with E-state index in [4.69, 9.17) is 4.74 Å². The van der Waals surface area contributed by atoms with E-state index in [-0.39, 0.29) is 17.6 Å². The first kappa shape index (κ1) is 16.2. The molecule has 3 aliphatic rings. The molecule has 22 heavy (non-hydrogen) atoms. The molecule has 4 heteroatoms. The maximum absolute atomic E-state index is 12.0. The lowest BCUT2D eigenvalue weighted by atomic mass is 9.55. The Balaban J connectivity index is 1.62. The molecule has 0 amide bonds. The Morgan fingerprint density at radius 2 is 2.09 bits per heavy atom. The minimum Gasteiger partial charge on any atom is -0.393 e. The lowest BCUT2D eigenvalue weighted by Gasteiger charge is -2.54. The monoisotopic (exact) mass is 308 g/mol. The predicted octanol–water partition coefficient (Wildman–Crippen LogP) is 2.23. The molecule has 3 aliphatic carbocycles. The minimum absolute atomic E-state index is 0.0590. The number of aliphatic hydroxyl groups excluding tert-OH is 2. The Hall–Kier alpha value is -0.710. The van der Waals surface area contributed by atoms with Crippen LogP contribution in [0.15, 0.2) is 12.2 Å². The zero-order valence-corrected chi connectivity index (χ0v) is 13.4. The molecule has 0 heterocycles. The van der Waals surface area contributed by atoms with Gasteiger partial charge in [-0.25, -0.2) is 0 Å². The number of ketones is 1. The van der Waals surface area contributed by atoms with Crippen LogP contribution in [0, 0.1) is 17.8 Å². The van der Waals surface area contributed by atoms with Crippen LogP contribution in [-0.4, -0.2) is 40.9 Å². The number of hydrogen-bond acceptors (Lipinski definition) is 4. The highest BCUT2D eigenvalue weighted by atomic mass is 16.5. The van der Waals surface area contributed by atoms with Crippen molar-refractivity contribution in [3.05, 3.63) is 12.2 Å². The summed E-state index contributed by atoms with van der Waals surface area (Å²) in [4.78, 5) is 12.0. The van der Waals surface area contributed by atoms with Crippen LogP contribution in [0.3, 0.4) is 0 Å². The normalized spacial score (nSPS) is 40.7. The first-order chi connectivity index (χ1) is 10.6. The third kappa shape index (κ3) is 2.77. The first-order valence-electron chi connectivity index (χ1n) is 8.69. The van der Waals surface area contributed by atoms with Crippen LogP contribution in [0.2, 0.25) is 0 Å². The van der Waals surface area contributed by atoms with E-state index < -0.39 is 17.8 Å². The summed E-state index contributed by atoms with van der Waals surface area (Å²) in [6.07, 6.45) is 10.4. The van der Waals surface area contributed by atoms with Gasteiger partial charge in [0.05, 0.1) is 12.2 Å². The van der Waals surface area contributed by atoms with Crippen LogP contribution in [0.1, 0.15) is 51.4 Å². The lowest BCUT2D eigenvalue weighted by molar-refractivity contribution is -0.191. The summed E-state index contributed by atoms with van der Waals surface area (Å²) in [5.74, 6) is 0.782. The molecule has 5 atom stereocenters. The molecule has 0 spiro atoms. The molecule has 0 bridgehead atoms. The van der Waals surface area contributed by atoms with E-state index in [0.717, 1.165) is 6.42 Å². The molecule has 3 saturated carbocycles. The Morgan fingerprint density at radius 3 is 2.73 bits per heavy atom. The molecular formula is C18H28O4. The van der Waals surface area contributed by atoms with Crippen molar-refractivity contribution in [2.45, 2.75) is 69.2 Å². The summed E-state index contributed by atoms with van der Waals surface area (Å²) in [7, 11) is 1.59. The van der Waals surface area contributed by atoms with Crippen LogP contribution in [0.4, 0.5) is 0 Å². The summed E-state index contributed by atoms with van der Waals surface area (Å²) < 4.78 is 5.53. The molecule has 5 unspecified atom stereocenters. The summed E-state index contributed by atoms with van der Waals surface area (Å²) in [6.45, 7) is 0. The molecule has 3 fully saturated rings. The Morgan fingerprint density at radius 1 is 1.36 bits per heavy atom. The smallest absolute Gasteiger partial charge is 0.165 e. The molecule has 0 radical (unpaired) electrons. The Labute approximate surface area is 132 Å². The average Bonchev–Trinajstić information content (AvgIpc) is 2.99. The molecule has 0 aliphatic heterocycles. The molecular weight excluding hydrogens is 280 g/mol. The standard InChI is InChI=1S/C18H28O4/c1-22-18-9-8-16(20)14(15(18)11-17(18)21)7-6-13(19)10-12-4-2-3-5-12/h6-7,12-16,19-20H,2-5,8-11H2,1H3. The van der Waals surface area contributed by atoms with Gasteiger partial charge in [0, 0.05) is 25.4 Å². The number of aliphatic hydroxyl groups is 2. The maximum Gasteiger partial charge on any atom is 0.165 e. The second-order valence-electron chi connectivity index (χ2n) is 7.35. The molecule has 0 saturated heterocycles. The largest absolute Gasteiger partial charge is 0.393 e. The predicted molar refractivity (Wildman–Crippen MR) is 83.3 cm³/mol. The van der Waals surface area contributed by atoms with Crippen LogP contribution < -0.4 is 0 Å². The van der Waals surface area contributed by atoms with E-state index in [1.54, 1.807) is 7.11 Å². The van der Waals surface area contributed by atoms with Crippen molar-refractivity contribution in [1.82, 2.24) is 0 Å². The molecule has 2 N–H and O–H groups in total. The number of fused-ring (bicyclic) bond motifs is 1. The second kappa shape index (κ2) is 6.42. The van der Waals surface area contributed by atoms with Gasteiger partial charge in [-0.05, 0) is 25.2 Å². The molecule has 4 nitrogen and oxygen atoms in total. The van der Waals surface area contributed by atoms with Crippen molar-refractivity contribution in [3.63, 3.8) is 0 Å². The van der Waals surface area contributed by atoms with E-state index in [9.17, 15) is 15.0 Å². The van der Waals surface area contributed by atoms with Gasteiger partial charge in [-0.15, -0.1) is 0 Å². The van der Waals surface area contributed by atoms with Crippen LogP contribution in [-0.2, 0) is 9.53 Å². The van der Waals surface area contributed by atoms with Gasteiger partial charge in [0.2, 0.25) is 0 Å². The van der Waals surface area contributed by atoms with Crippen molar-refractivity contribution in [3.8, 4) is 0 Å². The van der Waals surface area contributed by atoms with Crippen LogP contribution in [0.5, 0.6) is 0 Å². The summed E-state index contributed by atoms with van der Waals surface area (Å²) in [6, 6.07) is 0. The van der Waals surface area contributed by atoms with Crippen LogP contribution in [0.25, 0.3) is 0 Å². The van der Waals surface area contributed by atoms with E-state index in [1.807, 2.05) is 12.2 Å². The SMILES string of the molecule is COC12CCC(O)C(C=CC(O)CC3CCCC3)C1CC2=O. The fourth-order valence-electron chi connectivity index (χ4n) is 4.76. The van der Waals surface area contributed by atoms with Crippen molar-refractivity contribution in [1.29, 1.82) is 0 Å². The van der Waals surface area contributed by atoms with Crippen LogP contribution >= 0.6 is 0 Å². The number of ether oxygens (including phenoxy) is 1. The van der Waals surface area contributed by atoms with Gasteiger partial charge < -0.3 is 14.9 Å². The molecule has 0 aromatic rings. The Bertz CT molecular complexity index is 440. The summed E-state index contributed by atoms with van der Waals surface area (Å²) in [5, 5.41) is 20.5. The van der Waals surface area contributed by atoms with E-state index in [0.29, 0.717) is 25.2 Å². The third-order valence-corrected chi connectivity index (χ3v) is 6.17. The number of carbonyl (C=O) groups excluding carboxylic acids is 1. The van der Waals surface area contributed by atoms with Crippen molar-refractivity contribution in [2.24, 2.45) is 17.8 Å². The second-order valence-corrected chi connectivity index (χ2v) is 7.35. The highest BCUT2D eigenvalue weighted by Gasteiger charge is 2.60. The van der Waals surface area contributed by atoms with Gasteiger partial charge in [-0.3, -0.25) is 4.79 Å². The fourth-order valence-corrected chi connectivity index (χ4v) is 4.76. The van der Waals surface area contributed by atoms with Crippen molar-refractivity contribution >= 4 is 5.78 Å². The molecule has 0 aromatic heterocycles. The number of methoxy groups -OCH3 is 1. The van der Waals surface area contributed by atoms with Gasteiger partial charge >= 0.3 is 0 Å². The minimum atomic E-state index is -0.676. The van der Waals surface area contributed by atoms with E-state index >= 15 is 0 Å². The summed E-state index contributed by atoms with van der Waals surface area (Å²) >= 11 is 0. The van der Waals surface area contributed by atoms with E-state index in [2.05, 4.69) is 0 Å². The lowest BCUT2D eigenvalue weighted by Crippen LogP contribution is -2.64. The quantitative estimate of drug-likeness (QED) is 0.764. The maximum atomic E-state index is 12.0. The molecule has 0 aromatic carbocycles. The average molecular weight is 308 g/mol. The molecule has 124 valence electrons. The zero-order chi connectivity index (χ0) is 15.7. The van der Waals surface area contributed by atoms with Crippen molar-refractivity contribution < 1.29 is 19.7 Å². The highest BCUT2D eigenvalue weighted by molar-refractivity contribution is 5.94. The zero-order valence-electron chi connectivity index (χ0n) is 13.4.